The molecule has 0 atom stereocenters. The number of nitrogens with one attached hydrogen (secondary N) is 1. The number of unbranched alkanes of at least 4 members (excludes halogenated alkanes) is 1. The van der Waals surface area contributed by atoms with E-state index in [4.69, 9.17) is 16.3 Å². The van der Waals surface area contributed by atoms with Gasteiger partial charge in [-0.1, -0.05) is 24.9 Å². The Morgan fingerprint density at radius 2 is 1.76 bits per heavy atom. The number of amides is 3. The van der Waals surface area contributed by atoms with Gasteiger partial charge in [-0.3, -0.25) is 19.3 Å². The van der Waals surface area contributed by atoms with Gasteiger partial charge in [0, 0.05) is 11.6 Å². The van der Waals surface area contributed by atoms with Crippen LogP contribution in [-0.2, 0) is 15.7 Å². The number of ether oxygens (including phenoxy) is 1. The fraction of sp³-hybridized carbons (Fsp3) is 0.273. The highest BCUT2D eigenvalue weighted by atomic mass is 35.5. The minimum absolute atomic E-state index is 0.0472. The number of nitrogens with zero attached hydrogens (tertiary/aromatic N) is 1. The van der Waals surface area contributed by atoms with Gasteiger partial charge in [-0.05, 0) is 42.8 Å². The molecule has 3 rings (SSSR count). The minimum atomic E-state index is -4.76. The molecule has 0 unspecified atom stereocenters. The van der Waals surface area contributed by atoms with E-state index in [9.17, 15) is 32.3 Å². The van der Waals surface area contributed by atoms with E-state index in [1.165, 1.54) is 24.3 Å². The molecule has 3 amide bonds. The van der Waals surface area contributed by atoms with E-state index in [0.717, 1.165) is 17.4 Å². The molecule has 1 N–H and O–H groups in total. The molecule has 0 aromatic heterocycles. The van der Waals surface area contributed by atoms with Gasteiger partial charge in [-0.2, -0.15) is 13.2 Å². The summed E-state index contributed by atoms with van der Waals surface area (Å²) < 4.78 is 44.2. The molecular formula is C22H18ClF3N2O5. The molecule has 1 heterocycles. The summed E-state index contributed by atoms with van der Waals surface area (Å²) in [5, 5.41) is 1.87. The van der Waals surface area contributed by atoms with Crippen LogP contribution >= 0.6 is 11.6 Å². The Hall–Kier alpha value is -3.40. The predicted octanol–water partition coefficient (Wildman–Crippen LogP) is 4.55. The zero-order valence-corrected chi connectivity index (χ0v) is 18.0. The van der Waals surface area contributed by atoms with Crippen molar-refractivity contribution in [3.8, 4) is 0 Å². The number of anilines is 1. The first-order valence-electron chi connectivity index (χ1n) is 9.87. The Kier molecular flexibility index (Phi) is 7.06. The fourth-order valence-electron chi connectivity index (χ4n) is 3.20. The van der Waals surface area contributed by atoms with Gasteiger partial charge in [0.15, 0.2) is 6.61 Å². The van der Waals surface area contributed by atoms with E-state index in [2.05, 4.69) is 0 Å². The van der Waals surface area contributed by atoms with Crippen LogP contribution in [0.4, 0.5) is 18.9 Å². The quantitative estimate of drug-likeness (QED) is 0.461. The van der Waals surface area contributed by atoms with Gasteiger partial charge in [0.25, 0.3) is 17.7 Å². The van der Waals surface area contributed by atoms with E-state index in [1.807, 2.05) is 12.2 Å². The molecule has 2 aromatic carbocycles. The summed E-state index contributed by atoms with van der Waals surface area (Å²) in [6, 6.07) is 6.61. The summed E-state index contributed by atoms with van der Waals surface area (Å²) >= 11 is 5.59. The Balaban J connectivity index is 1.66. The SMILES string of the molecule is CCCCN1C(=O)c2ccc(C(=O)OCC(=O)Nc3ccc(Cl)cc3C(F)(F)F)cc2C1=O. The van der Waals surface area contributed by atoms with Crippen molar-refractivity contribution in [2.24, 2.45) is 0 Å². The van der Waals surface area contributed by atoms with Crippen LogP contribution in [0.25, 0.3) is 0 Å². The lowest BCUT2D eigenvalue weighted by Crippen LogP contribution is -2.30. The van der Waals surface area contributed by atoms with Crippen LogP contribution < -0.4 is 5.32 Å². The van der Waals surface area contributed by atoms with Crippen molar-refractivity contribution in [3.63, 3.8) is 0 Å². The lowest BCUT2D eigenvalue weighted by Gasteiger charge is -2.14. The van der Waals surface area contributed by atoms with Gasteiger partial charge in [-0.25, -0.2) is 4.79 Å². The molecule has 1 aliphatic heterocycles. The average Bonchev–Trinajstić information content (AvgIpc) is 3.00. The molecule has 0 aliphatic carbocycles. The number of imide groups is 1. The highest BCUT2D eigenvalue weighted by Crippen LogP contribution is 2.36. The number of benzene rings is 2. The smallest absolute Gasteiger partial charge is 0.418 e. The molecule has 0 radical (unpaired) electrons. The zero-order valence-electron chi connectivity index (χ0n) is 17.3. The summed E-state index contributed by atoms with van der Waals surface area (Å²) in [5.74, 6) is -2.97. The Labute approximate surface area is 191 Å². The summed E-state index contributed by atoms with van der Waals surface area (Å²) in [5.41, 5.74) is -1.56. The molecule has 11 heteroatoms. The maximum absolute atomic E-state index is 13.1. The molecule has 0 bridgehead atoms. The molecule has 0 saturated carbocycles. The van der Waals surface area contributed by atoms with Gasteiger partial charge in [0.05, 0.1) is 27.9 Å². The topological polar surface area (TPSA) is 92.8 Å². The van der Waals surface area contributed by atoms with Crippen molar-refractivity contribution >= 4 is 41.0 Å². The van der Waals surface area contributed by atoms with Crippen molar-refractivity contribution in [1.29, 1.82) is 0 Å². The van der Waals surface area contributed by atoms with Crippen molar-refractivity contribution in [2.45, 2.75) is 25.9 Å². The van der Waals surface area contributed by atoms with E-state index in [0.29, 0.717) is 12.5 Å². The molecule has 174 valence electrons. The fourth-order valence-corrected chi connectivity index (χ4v) is 3.37. The van der Waals surface area contributed by atoms with Crippen molar-refractivity contribution in [3.05, 3.63) is 63.7 Å². The number of esters is 1. The second-order valence-corrected chi connectivity index (χ2v) is 7.62. The van der Waals surface area contributed by atoms with Gasteiger partial charge in [0.2, 0.25) is 0 Å². The lowest BCUT2D eigenvalue weighted by molar-refractivity contribution is -0.137. The van der Waals surface area contributed by atoms with Crippen LogP contribution in [-0.4, -0.2) is 41.7 Å². The van der Waals surface area contributed by atoms with Gasteiger partial charge < -0.3 is 10.1 Å². The molecule has 33 heavy (non-hydrogen) atoms. The Morgan fingerprint density at radius 3 is 2.42 bits per heavy atom. The third-order valence-electron chi connectivity index (χ3n) is 4.84. The van der Waals surface area contributed by atoms with E-state index in [-0.39, 0.29) is 28.3 Å². The first-order valence-corrected chi connectivity index (χ1v) is 10.2. The largest absolute Gasteiger partial charge is 0.452 e. The van der Waals surface area contributed by atoms with E-state index >= 15 is 0 Å². The normalized spacial score (nSPS) is 13.2. The number of carbonyl (C=O) groups is 4. The number of fused-ring (bicyclic) bond motifs is 1. The van der Waals surface area contributed by atoms with Crippen molar-refractivity contribution in [1.82, 2.24) is 4.90 Å². The van der Waals surface area contributed by atoms with Crippen molar-refractivity contribution < 1.29 is 37.1 Å². The van der Waals surface area contributed by atoms with E-state index < -0.39 is 47.7 Å². The monoisotopic (exact) mass is 482 g/mol. The molecule has 0 fully saturated rings. The summed E-state index contributed by atoms with van der Waals surface area (Å²) in [7, 11) is 0. The first kappa shape index (κ1) is 24.2. The number of hydrogen-bond acceptors (Lipinski definition) is 5. The van der Waals surface area contributed by atoms with Gasteiger partial charge in [-0.15, -0.1) is 0 Å². The third-order valence-corrected chi connectivity index (χ3v) is 5.07. The van der Waals surface area contributed by atoms with Crippen LogP contribution in [0.1, 0.15) is 56.4 Å². The maximum atomic E-state index is 13.1. The van der Waals surface area contributed by atoms with Crippen LogP contribution in [0.3, 0.4) is 0 Å². The van der Waals surface area contributed by atoms with E-state index in [1.54, 1.807) is 0 Å². The van der Waals surface area contributed by atoms with Crippen LogP contribution in [0.5, 0.6) is 0 Å². The third kappa shape index (κ3) is 5.33. The Morgan fingerprint density at radius 1 is 1.06 bits per heavy atom. The number of carbonyl (C=O) groups excluding carboxylic acids is 4. The standard InChI is InChI=1S/C22H18ClF3N2O5/c1-2-3-8-28-19(30)14-6-4-12(9-15(14)20(28)31)21(32)33-11-18(29)27-17-7-5-13(23)10-16(17)22(24,25)26/h4-7,9-10H,2-3,8,11H2,1H3,(H,27,29). The van der Waals surface area contributed by atoms with Gasteiger partial charge in [0.1, 0.15) is 0 Å². The van der Waals surface area contributed by atoms with Gasteiger partial charge >= 0.3 is 12.1 Å². The first-order chi connectivity index (χ1) is 15.5. The Bertz CT molecular complexity index is 1130. The van der Waals surface area contributed by atoms with Crippen LogP contribution in [0, 0.1) is 0 Å². The van der Waals surface area contributed by atoms with Crippen molar-refractivity contribution in [2.75, 3.05) is 18.5 Å². The number of rotatable bonds is 7. The number of alkyl halides is 3. The summed E-state index contributed by atoms with van der Waals surface area (Å²) in [6.07, 6.45) is -3.34. The highest BCUT2D eigenvalue weighted by molar-refractivity contribution is 6.30. The average molecular weight is 483 g/mol. The molecule has 2 aromatic rings. The molecule has 0 spiro atoms. The minimum Gasteiger partial charge on any atom is -0.452 e. The molecular weight excluding hydrogens is 465 g/mol. The second-order valence-electron chi connectivity index (χ2n) is 7.19. The lowest BCUT2D eigenvalue weighted by atomic mass is 10.1. The number of hydrogen-bond donors (Lipinski definition) is 1. The number of halogens is 4. The summed E-state index contributed by atoms with van der Waals surface area (Å²) in [4.78, 5) is 50.3. The summed E-state index contributed by atoms with van der Waals surface area (Å²) in [6.45, 7) is 1.30. The molecule has 0 saturated heterocycles. The maximum Gasteiger partial charge on any atom is 0.418 e. The van der Waals surface area contributed by atoms with Crippen LogP contribution in [0.15, 0.2) is 36.4 Å². The van der Waals surface area contributed by atoms with Crippen LogP contribution in [0.2, 0.25) is 5.02 Å². The second kappa shape index (κ2) is 9.62. The zero-order chi connectivity index (χ0) is 24.3. The highest BCUT2D eigenvalue weighted by Gasteiger charge is 2.36. The predicted molar refractivity (Wildman–Crippen MR) is 112 cm³/mol. The molecule has 7 nitrogen and oxygen atoms in total. The molecule has 1 aliphatic rings.